The maximum absolute atomic E-state index is 12.0. The Hall–Kier alpha value is -3.07. The molecular formula is C18H19N5O3S. The summed E-state index contributed by atoms with van der Waals surface area (Å²) in [6.45, 7) is 4.06. The molecule has 0 unspecified atom stereocenters. The molecule has 0 aliphatic carbocycles. The predicted octanol–water partition coefficient (Wildman–Crippen LogP) is 2.60. The van der Waals surface area contributed by atoms with Crippen LogP contribution in [-0.2, 0) is 11.3 Å². The van der Waals surface area contributed by atoms with E-state index in [0.717, 1.165) is 17.1 Å². The van der Waals surface area contributed by atoms with Crippen LogP contribution in [-0.4, -0.2) is 32.5 Å². The van der Waals surface area contributed by atoms with Crippen LogP contribution in [0.25, 0.3) is 5.69 Å². The Morgan fingerprint density at radius 2 is 1.96 bits per heavy atom. The Labute approximate surface area is 160 Å². The smallest absolute Gasteiger partial charge is 0.321 e. The number of furan rings is 1. The summed E-state index contributed by atoms with van der Waals surface area (Å²) in [7, 11) is 0. The summed E-state index contributed by atoms with van der Waals surface area (Å²) < 4.78 is 7.00. The van der Waals surface area contributed by atoms with Crippen molar-refractivity contribution >= 4 is 23.7 Å². The maximum atomic E-state index is 12.0. The highest BCUT2D eigenvalue weighted by molar-refractivity contribution is 7.99. The average molecular weight is 385 g/mol. The molecule has 0 spiro atoms. The van der Waals surface area contributed by atoms with Crippen molar-refractivity contribution in [2.75, 3.05) is 5.75 Å². The lowest BCUT2D eigenvalue weighted by Crippen LogP contribution is -2.39. The highest BCUT2D eigenvalue weighted by Crippen LogP contribution is 2.23. The fourth-order valence-electron chi connectivity index (χ4n) is 2.45. The number of amides is 3. The number of imide groups is 1. The molecule has 0 saturated heterocycles. The first-order valence-electron chi connectivity index (χ1n) is 8.25. The molecule has 2 N–H and O–H groups in total. The number of aryl methyl sites for hydroxylation is 2. The van der Waals surface area contributed by atoms with E-state index in [1.807, 2.05) is 42.7 Å². The number of carbonyl (C=O) groups excluding carboxylic acids is 2. The zero-order valence-corrected chi connectivity index (χ0v) is 15.7. The fourth-order valence-corrected chi connectivity index (χ4v) is 3.24. The van der Waals surface area contributed by atoms with Gasteiger partial charge in [0.1, 0.15) is 11.6 Å². The van der Waals surface area contributed by atoms with Crippen molar-refractivity contribution in [1.82, 2.24) is 25.4 Å². The molecule has 0 fully saturated rings. The van der Waals surface area contributed by atoms with Crippen molar-refractivity contribution in [2.45, 2.75) is 25.5 Å². The van der Waals surface area contributed by atoms with Gasteiger partial charge in [-0.1, -0.05) is 30.0 Å². The zero-order valence-electron chi connectivity index (χ0n) is 14.9. The number of para-hydroxylation sites is 1. The zero-order chi connectivity index (χ0) is 19.2. The summed E-state index contributed by atoms with van der Waals surface area (Å²) in [5.74, 6) is 0.948. The van der Waals surface area contributed by atoms with Crippen LogP contribution in [0.3, 0.4) is 0 Å². The number of urea groups is 1. The topological polar surface area (TPSA) is 102 Å². The molecular weight excluding hydrogens is 366 g/mol. The Morgan fingerprint density at radius 1 is 1.15 bits per heavy atom. The van der Waals surface area contributed by atoms with Gasteiger partial charge < -0.3 is 9.73 Å². The van der Waals surface area contributed by atoms with Gasteiger partial charge in [-0.2, -0.15) is 0 Å². The minimum absolute atomic E-state index is 0.0399. The second-order valence-corrected chi connectivity index (χ2v) is 6.69. The molecule has 140 valence electrons. The van der Waals surface area contributed by atoms with E-state index in [9.17, 15) is 9.59 Å². The second-order valence-electron chi connectivity index (χ2n) is 5.75. The number of hydrogen-bond donors (Lipinski definition) is 2. The first-order chi connectivity index (χ1) is 13.0. The third-order valence-electron chi connectivity index (χ3n) is 3.74. The number of aromatic nitrogens is 3. The molecule has 2 aromatic heterocycles. The van der Waals surface area contributed by atoms with Crippen LogP contribution in [0.4, 0.5) is 4.79 Å². The van der Waals surface area contributed by atoms with Gasteiger partial charge in [0.25, 0.3) is 0 Å². The molecule has 0 aliphatic heterocycles. The van der Waals surface area contributed by atoms with E-state index in [1.54, 1.807) is 12.1 Å². The van der Waals surface area contributed by atoms with Crippen LogP contribution in [0, 0.1) is 13.8 Å². The largest absolute Gasteiger partial charge is 0.467 e. The van der Waals surface area contributed by atoms with E-state index in [0.29, 0.717) is 10.9 Å². The van der Waals surface area contributed by atoms with Crippen molar-refractivity contribution in [3.8, 4) is 5.69 Å². The molecule has 0 atom stereocenters. The van der Waals surface area contributed by atoms with Gasteiger partial charge in [-0.25, -0.2) is 4.79 Å². The molecule has 0 radical (unpaired) electrons. The van der Waals surface area contributed by atoms with Crippen LogP contribution >= 0.6 is 11.8 Å². The first-order valence-corrected chi connectivity index (χ1v) is 9.24. The van der Waals surface area contributed by atoms with Crippen molar-refractivity contribution in [2.24, 2.45) is 0 Å². The molecule has 27 heavy (non-hydrogen) atoms. The van der Waals surface area contributed by atoms with Gasteiger partial charge in [0, 0.05) is 0 Å². The summed E-state index contributed by atoms with van der Waals surface area (Å²) >= 11 is 1.22. The highest BCUT2D eigenvalue weighted by atomic mass is 32.2. The van der Waals surface area contributed by atoms with Gasteiger partial charge in [0.2, 0.25) is 5.91 Å². The summed E-state index contributed by atoms with van der Waals surface area (Å²) in [4.78, 5) is 23.8. The average Bonchev–Trinajstić information content (AvgIpc) is 3.29. The Balaban J connectivity index is 1.56. The number of hydrogen-bond acceptors (Lipinski definition) is 6. The Kier molecular flexibility index (Phi) is 5.92. The fraction of sp³-hybridized carbons (Fsp3) is 0.222. The minimum atomic E-state index is -0.575. The molecule has 3 rings (SSSR count). The van der Waals surface area contributed by atoms with E-state index < -0.39 is 11.9 Å². The molecule has 0 bridgehead atoms. The molecule has 3 amide bonds. The van der Waals surface area contributed by atoms with Gasteiger partial charge in [0.05, 0.1) is 24.2 Å². The lowest BCUT2D eigenvalue weighted by atomic mass is 10.2. The summed E-state index contributed by atoms with van der Waals surface area (Å²) in [6.07, 6.45) is 1.52. The summed E-state index contributed by atoms with van der Waals surface area (Å²) in [5.41, 5.74) is 2.03. The van der Waals surface area contributed by atoms with Gasteiger partial charge in [-0.15, -0.1) is 10.2 Å². The number of carbonyl (C=O) groups is 2. The Bertz CT molecular complexity index is 936. The van der Waals surface area contributed by atoms with Crippen LogP contribution in [0.2, 0.25) is 0 Å². The van der Waals surface area contributed by atoms with Crippen molar-refractivity contribution in [3.63, 3.8) is 0 Å². The van der Waals surface area contributed by atoms with E-state index in [4.69, 9.17) is 4.42 Å². The monoisotopic (exact) mass is 385 g/mol. The number of nitrogens with one attached hydrogen (secondary N) is 2. The highest BCUT2D eigenvalue weighted by Gasteiger charge is 2.15. The summed E-state index contributed by atoms with van der Waals surface area (Å²) in [6, 6.07) is 10.7. The summed E-state index contributed by atoms with van der Waals surface area (Å²) in [5, 5.41) is 13.7. The van der Waals surface area contributed by atoms with Crippen LogP contribution < -0.4 is 10.6 Å². The van der Waals surface area contributed by atoms with Crippen molar-refractivity contribution in [1.29, 1.82) is 0 Å². The van der Waals surface area contributed by atoms with Gasteiger partial charge in [0.15, 0.2) is 5.16 Å². The molecule has 0 aliphatic rings. The van der Waals surface area contributed by atoms with Gasteiger partial charge in [-0.3, -0.25) is 14.7 Å². The van der Waals surface area contributed by atoms with Gasteiger partial charge >= 0.3 is 6.03 Å². The number of nitrogens with zero attached hydrogens (tertiary/aromatic N) is 3. The van der Waals surface area contributed by atoms with E-state index in [-0.39, 0.29) is 12.3 Å². The van der Waals surface area contributed by atoms with E-state index in [2.05, 4.69) is 20.8 Å². The number of rotatable bonds is 6. The minimum Gasteiger partial charge on any atom is -0.467 e. The molecule has 3 aromatic rings. The molecule has 1 aromatic carbocycles. The second kappa shape index (κ2) is 8.54. The molecule has 9 heteroatoms. The standard InChI is InChI=1S/C18H19N5O3S/c1-12-6-3-4-8-15(12)23-13(2)21-22-18(23)27-11-16(24)20-17(25)19-10-14-7-5-9-26-14/h3-9H,10-11H2,1-2H3,(H2,19,20,24,25). The maximum Gasteiger partial charge on any atom is 0.321 e. The van der Waals surface area contributed by atoms with Crippen LogP contribution in [0.1, 0.15) is 17.1 Å². The predicted molar refractivity (Wildman–Crippen MR) is 101 cm³/mol. The van der Waals surface area contributed by atoms with E-state index in [1.165, 1.54) is 18.0 Å². The van der Waals surface area contributed by atoms with E-state index >= 15 is 0 Å². The van der Waals surface area contributed by atoms with Gasteiger partial charge in [-0.05, 0) is 37.6 Å². The number of thioether (sulfide) groups is 1. The lowest BCUT2D eigenvalue weighted by Gasteiger charge is -2.11. The van der Waals surface area contributed by atoms with Crippen molar-refractivity contribution in [3.05, 3.63) is 59.8 Å². The molecule has 2 heterocycles. The van der Waals surface area contributed by atoms with Crippen LogP contribution in [0.15, 0.2) is 52.2 Å². The normalized spacial score (nSPS) is 10.6. The lowest BCUT2D eigenvalue weighted by molar-refractivity contribution is -0.117. The first kappa shape index (κ1) is 18.7. The third kappa shape index (κ3) is 4.76. The van der Waals surface area contributed by atoms with Crippen molar-refractivity contribution < 1.29 is 14.0 Å². The quantitative estimate of drug-likeness (QED) is 0.633. The third-order valence-corrected chi connectivity index (χ3v) is 4.67. The number of benzene rings is 1. The molecule has 0 saturated carbocycles. The molecule has 8 nitrogen and oxygen atoms in total. The SMILES string of the molecule is Cc1ccccc1-n1c(C)nnc1SCC(=O)NC(=O)NCc1ccco1. The Morgan fingerprint density at radius 3 is 2.70 bits per heavy atom. The van der Waals surface area contributed by atoms with Crippen LogP contribution in [0.5, 0.6) is 0 Å².